The van der Waals surface area contributed by atoms with Gasteiger partial charge in [0, 0.05) is 32.3 Å². The van der Waals surface area contributed by atoms with E-state index in [0.29, 0.717) is 32.3 Å². The lowest BCUT2D eigenvalue weighted by Gasteiger charge is -2.30. The highest BCUT2D eigenvalue weighted by atomic mass is 19.3. The van der Waals surface area contributed by atoms with Gasteiger partial charge in [0.05, 0.1) is 12.2 Å². The number of unbranched alkanes of at least 4 members (excludes halogenated alkanes) is 3. The average Bonchev–Trinajstić information content (AvgIpc) is 3.07. The van der Waals surface area contributed by atoms with E-state index in [2.05, 4.69) is 0 Å². The second kappa shape index (κ2) is 14.4. The van der Waals surface area contributed by atoms with Gasteiger partial charge in [-0.3, -0.25) is 9.59 Å². The molecule has 0 bridgehead atoms. The van der Waals surface area contributed by atoms with Crippen LogP contribution >= 0.6 is 0 Å². The standard InChI is InChI=1S/C26H44F2O6/c1-18(2)14-15-26(27,28)23(30)13-12-20-19(9-5-3-4-6-10-24(31)32)21(29)17-22(20)34-25-11-7-8-16-33-25/h18-22,25,29H,3-17H2,1-2H3,(H,31,32)/t19?,20-,21+,22-,25?/m1/s1. The van der Waals surface area contributed by atoms with E-state index in [1.54, 1.807) is 0 Å². The quantitative estimate of drug-likeness (QED) is 0.268. The third-order valence-electron chi connectivity index (χ3n) is 7.29. The Labute approximate surface area is 202 Å². The summed E-state index contributed by atoms with van der Waals surface area (Å²) < 4.78 is 40.6. The molecule has 0 aromatic rings. The molecule has 1 aliphatic carbocycles. The molecule has 2 unspecified atom stereocenters. The van der Waals surface area contributed by atoms with Crippen molar-refractivity contribution in [3.05, 3.63) is 0 Å². The Hall–Kier alpha value is -1.12. The van der Waals surface area contributed by atoms with Crippen LogP contribution in [0.25, 0.3) is 0 Å². The first-order chi connectivity index (χ1) is 16.1. The Bertz CT molecular complexity index is 620. The molecule has 2 rings (SSSR count). The number of ketones is 1. The molecule has 2 aliphatic rings. The number of aliphatic hydroxyl groups is 1. The van der Waals surface area contributed by atoms with Crippen LogP contribution in [0.3, 0.4) is 0 Å². The summed E-state index contributed by atoms with van der Waals surface area (Å²) in [5.74, 6) is -5.32. The van der Waals surface area contributed by atoms with Crippen molar-refractivity contribution in [3.63, 3.8) is 0 Å². The zero-order chi connectivity index (χ0) is 25.1. The van der Waals surface area contributed by atoms with Gasteiger partial charge in [-0.1, -0.05) is 33.1 Å². The molecule has 0 amide bonds. The number of hydrogen-bond donors (Lipinski definition) is 2. The number of alkyl halides is 2. The maximum absolute atomic E-state index is 14.4. The van der Waals surface area contributed by atoms with Crippen molar-refractivity contribution in [3.8, 4) is 0 Å². The molecule has 0 spiro atoms. The molecule has 198 valence electrons. The van der Waals surface area contributed by atoms with Crippen molar-refractivity contribution >= 4 is 11.8 Å². The topological polar surface area (TPSA) is 93.1 Å². The predicted octanol–water partition coefficient (Wildman–Crippen LogP) is 5.74. The van der Waals surface area contributed by atoms with Crippen LogP contribution in [0.2, 0.25) is 0 Å². The minimum atomic E-state index is -3.32. The lowest BCUT2D eigenvalue weighted by Crippen LogP contribution is -2.33. The van der Waals surface area contributed by atoms with Crippen LogP contribution in [-0.2, 0) is 19.1 Å². The molecular formula is C26H44F2O6. The minimum Gasteiger partial charge on any atom is -0.481 e. The van der Waals surface area contributed by atoms with Crippen molar-refractivity contribution in [2.45, 2.75) is 128 Å². The van der Waals surface area contributed by atoms with Crippen LogP contribution in [-0.4, -0.2) is 53.0 Å². The Morgan fingerprint density at radius 1 is 1.06 bits per heavy atom. The van der Waals surface area contributed by atoms with Crippen LogP contribution in [0.1, 0.15) is 104 Å². The predicted molar refractivity (Wildman–Crippen MR) is 125 cm³/mol. The highest BCUT2D eigenvalue weighted by Gasteiger charge is 2.45. The fourth-order valence-electron chi connectivity index (χ4n) is 5.22. The fourth-order valence-corrected chi connectivity index (χ4v) is 5.22. The number of carbonyl (C=O) groups is 2. The van der Waals surface area contributed by atoms with Crippen molar-refractivity contribution in [2.75, 3.05) is 6.61 Å². The molecule has 1 saturated heterocycles. The van der Waals surface area contributed by atoms with E-state index in [1.807, 2.05) is 13.8 Å². The summed E-state index contributed by atoms with van der Waals surface area (Å²) in [4.78, 5) is 23.0. The normalized spacial score (nSPS) is 27.9. The Morgan fingerprint density at radius 3 is 2.44 bits per heavy atom. The van der Waals surface area contributed by atoms with Gasteiger partial charge in [-0.05, 0) is 62.7 Å². The molecule has 2 N–H and O–H groups in total. The number of aliphatic carboxylic acids is 1. The number of ether oxygens (including phenoxy) is 2. The summed E-state index contributed by atoms with van der Waals surface area (Å²) >= 11 is 0. The molecule has 1 heterocycles. The van der Waals surface area contributed by atoms with Gasteiger partial charge in [-0.15, -0.1) is 0 Å². The molecule has 2 fully saturated rings. The summed E-state index contributed by atoms with van der Waals surface area (Å²) in [6, 6.07) is 0. The van der Waals surface area contributed by atoms with Crippen molar-refractivity contribution in [1.82, 2.24) is 0 Å². The summed E-state index contributed by atoms with van der Waals surface area (Å²) in [5.41, 5.74) is 0. The van der Waals surface area contributed by atoms with E-state index in [4.69, 9.17) is 14.6 Å². The summed E-state index contributed by atoms with van der Waals surface area (Å²) in [7, 11) is 0. The van der Waals surface area contributed by atoms with E-state index in [9.17, 15) is 23.5 Å². The molecular weight excluding hydrogens is 446 g/mol. The maximum Gasteiger partial charge on any atom is 0.305 e. The van der Waals surface area contributed by atoms with E-state index in [1.165, 1.54) is 0 Å². The Morgan fingerprint density at radius 2 is 1.79 bits per heavy atom. The number of rotatable bonds is 16. The van der Waals surface area contributed by atoms with Crippen LogP contribution in [0.15, 0.2) is 0 Å². The van der Waals surface area contributed by atoms with E-state index < -0.39 is 30.2 Å². The van der Waals surface area contributed by atoms with Crippen LogP contribution < -0.4 is 0 Å². The Kier molecular flexibility index (Phi) is 12.4. The zero-order valence-electron chi connectivity index (χ0n) is 20.9. The third-order valence-corrected chi connectivity index (χ3v) is 7.29. The van der Waals surface area contributed by atoms with Gasteiger partial charge in [0.25, 0.3) is 0 Å². The summed E-state index contributed by atoms with van der Waals surface area (Å²) in [6.45, 7) is 4.36. The molecule has 8 heteroatoms. The molecule has 34 heavy (non-hydrogen) atoms. The smallest absolute Gasteiger partial charge is 0.305 e. The number of halogens is 2. The van der Waals surface area contributed by atoms with E-state index in [0.717, 1.165) is 38.5 Å². The minimum absolute atomic E-state index is 0.108. The summed E-state index contributed by atoms with van der Waals surface area (Å²) in [6.07, 6.45) is 5.83. The monoisotopic (exact) mass is 490 g/mol. The molecule has 6 nitrogen and oxygen atoms in total. The highest BCUT2D eigenvalue weighted by molar-refractivity contribution is 5.85. The Balaban J connectivity index is 1.95. The number of aliphatic hydroxyl groups excluding tert-OH is 1. The number of carbonyl (C=O) groups excluding carboxylic acids is 1. The molecule has 0 aromatic carbocycles. The van der Waals surface area contributed by atoms with Crippen LogP contribution in [0.5, 0.6) is 0 Å². The van der Waals surface area contributed by atoms with Gasteiger partial charge in [-0.2, -0.15) is 8.78 Å². The van der Waals surface area contributed by atoms with Gasteiger partial charge >= 0.3 is 11.9 Å². The van der Waals surface area contributed by atoms with Gasteiger partial charge in [-0.25, -0.2) is 0 Å². The van der Waals surface area contributed by atoms with E-state index in [-0.39, 0.29) is 49.4 Å². The second-order valence-electron chi connectivity index (χ2n) is 10.5. The first kappa shape index (κ1) is 29.1. The fraction of sp³-hybridized carbons (Fsp3) is 0.923. The molecule has 5 atom stereocenters. The maximum atomic E-state index is 14.4. The van der Waals surface area contributed by atoms with Crippen LogP contribution in [0.4, 0.5) is 8.78 Å². The third kappa shape index (κ3) is 9.86. The first-order valence-corrected chi connectivity index (χ1v) is 13.2. The largest absolute Gasteiger partial charge is 0.481 e. The van der Waals surface area contributed by atoms with Gasteiger partial charge < -0.3 is 19.7 Å². The SMILES string of the molecule is CC(C)CCC(F)(F)C(=O)CC[C@@H]1C(CCCCCCC(=O)O)[C@@H](O)C[C@H]1OC1CCCCO1. The second-order valence-corrected chi connectivity index (χ2v) is 10.5. The van der Waals surface area contributed by atoms with Crippen molar-refractivity contribution < 1.29 is 38.1 Å². The number of Topliss-reactive ketones (excluding diaryl/α,β-unsaturated/α-hetero) is 1. The van der Waals surface area contributed by atoms with E-state index >= 15 is 0 Å². The van der Waals surface area contributed by atoms with Gasteiger partial charge in [0.2, 0.25) is 5.78 Å². The first-order valence-electron chi connectivity index (χ1n) is 13.2. The van der Waals surface area contributed by atoms with Gasteiger partial charge in [0.1, 0.15) is 0 Å². The number of hydrogen-bond acceptors (Lipinski definition) is 5. The number of carboxylic acid groups (broad SMARTS) is 1. The highest BCUT2D eigenvalue weighted by Crippen LogP contribution is 2.42. The molecule has 0 radical (unpaired) electrons. The zero-order valence-corrected chi connectivity index (χ0v) is 20.9. The lowest BCUT2D eigenvalue weighted by molar-refractivity contribution is -0.196. The molecule has 1 aliphatic heterocycles. The molecule has 0 aromatic heterocycles. The lowest BCUT2D eigenvalue weighted by atomic mass is 9.84. The number of carboxylic acids is 1. The van der Waals surface area contributed by atoms with Crippen molar-refractivity contribution in [2.24, 2.45) is 17.8 Å². The summed E-state index contributed by atoms with van der Waals surface area (Å²) in [5, 5.41) is 19.5. The molecule has 1 saturated carbocycles. The average molecular weight is 491 g/mol. The van der Waals surface area contributed by atoms with Crippen molar-refractivity contribution in [1.29, 1.82) is 0 Å². The van der Waals surface area contributed by atoms with Gasteiger partial charge in [0.15, 0.2) is 6.29 Å². The van der Waals surface area contributed by atoms with Crippen LogP contribution in [0, 0.1) is 17.8 Å².